The maximum atomic E-state index is 14.9. The Balaban J connectivity index is 1.91. The van der Waals surface area contributed by atoms with Crippen molar-refractivity contribution in [1.82, 2.24) is 0 Å². The molecule has 1 atom stereocenters. The topological polar surface area (TPSA) is 29.1 Å². The van der Waals surface area contributed by atoms with Crippen LogP contribution in [0.2, 0.25) is 0 Å². The van der Waals surface area contributed by atoms with Crippen LogP contribution in [-0.4, -0.2) is 0 Å². The van der Waals surface area contributed by atoms with Gasteiger partial charge in [0.05, 0.1) is 0 Å². The lowest BCUT2D eigenvalue weighted by molar-refractivity contribution is 0.582. The Labute approximate surface area is 184 Å². The minimum atomic E-state index is -3.03. The summed E-state index contributed by atoms with van der Waals surface area (Å²) in [5.74, 6) is -0.354. The average Bonchev–Trinajstić information content (AvgIpc) is 3.28. The van der Waals surface area contributed by atoms with Crippen LogP contribution in [0.4, 0.5) is 5.69 Å². The number of thiophene rings is 1. The minimum absolute atomic E-state index is 0.354. The van der Waals surface area contributed by atoms with E-state index < -0.39 is 7.14 Å². The van der Waals surface area contributed by atoms with Crippen molar-refractivity contribution in [3.63, 3.8) is 0 Å². The van der Waals surface area contributed by atoms with Gasteiger partial charge in [-0.15, -0.1) is 11.3 Å². The van der Waals surface area contributed by atoms with Crippen molar-refractivity contribution in [3.05, 3.63) is 111 Å². The summed E-state index contributed by atoms with van der Waals surface area (Å²) in [6.45, 7) is 2.06. The summed E-state index contributed by atoms with van der Waals surface area (Å²) in [6, 6.07) is 29.9. The molecular weight excluding hydrogens is 461 g/mol. The van der Waals surface area contributed by atoms with Crippen LogP contribution in [0.3, 0.4) is 0 Å². The monoisotopic (exact) mass is 481 g/mol. The molecule has 146 valence electrons. The lowest BCUT2D eigenvalue weighted by Gasteiger charge is -2.30. The van der Waals surface area contributed by atoms with Crippen LogP contribution in [0, 0.1) is 6.92 Å². The first-order valence-electron chi connectivity index (χ1n) is 9.36. The van der Waals surface area contributed by atoms with Crippen LogP contribution in [0.5, 0.6) is 0 Å². The van der Waals surface area contributed by atoms with Crippen LogP contribution in [0.15, 0.2) is 101 Å². The molecule has 0 fully saturated rings. The molecule has 0 radical (unpaired) electrons. The third-order valence-corrected chi connectivity index (χ3v) is 9.81. The van der Waals surface area contributed by atoms with Crippen molar-refractivity contribution in [3.8, 4) is 0 Å². The number of hydrogen-bond donors (Lipinski definition) is 1. The number of aryl methyl sites for hydroxylation is 1. The van der Waals surface area contributed by atoms with Crippen molar-refractivity contribution in [2.24, 2.45) is 0 Å². The van der Waals surface area contributed by atoms with E-state index in [1.54, 1.807) is 11.3 Å². The quantitative estimate of drug-likeness (QED) is 0.302. The smallest absolute Gasteiger partial charge is 0.169 e. The zero-order chi connectivity index (χ0) is 20.3. The second-order valence-corrected chi connectivity index (χ2v) is 11.6. The predicted octanol–water partition coefficient (Wildman–Crippen LogP) is 6.94. The zero-order valence-electron chi connectivity index (χ0n) is 16.0. The fourth-order valence-electron chi connectivity index (χ4n) is 3.47. The van der Waals surface area contributed by atoms with Gasteiger partial charge in [0, 0.05) is 25.6 Å². The standard InChI is InChI=1S/C24H21BrNOPS/c1-18-17-19(25)14-15-22(18)26-24(23-13-8-16-29-23)28(27,20-9-4-2-5-10-20)21-11-6-3-7-12-21/h2-17,24,26H,1H3. The SMILES string of the molecule is Cc1cc(Br)ccc1NC(c1cccs1)P(=O)(c1ccccc1)c1ccccc1. The molecule has 2 nitrogen and oxygen atoms in total. The van der Waals surface area contributed by atoms with Gasteiger partial charge in [0.2, 0.25) is 0 Å². The number of benzene rings is 3. The number of hydrogen-bond acceptors (Lipinski definition) is 3. The molecule has 1 heterocycles. The van der Waals surface area contributed by atoms with Gasteiger partial charge in [0.25, 0.3) is 0 Å². The van der Waals surface area contributed by atoms with Crippen molar-refractivity contribution in [1.29, 1.82) is 0 Å². The molecule has 0 amide bonds. The highest BCUT2D eigenvalue weighted by Gasteiger charge is 2.38. The molecule has 0 saturated heterocycles. The first-order valence-corrected chi connectivity index (χ1v) is 12.8. The molecule has 1 N–H and O–H groups in total. The molecule has 0 spiro atoms. The van der Waals surface area contributed by atoms with E-state index in [0.717, 1.165) is 31.2 Å². The molecule has 0 aliphatic carbocycles. The van der Waals surface area contributed by atoms with Gasteiger partial charge in [-0.05, 0) is 42.1 Å². The summed E-state index contributed by atoms with van der Waals surface area (Å²) in [4.78, 5) is 1.06. The summed E-state index contributed by atoms with van der Waals surface area (Å²) >= 11 is 5.17. The minimum Gasteiger partial charge on any atom is -0.370 e. The third-order valence-electron chi connectivity index (χ3n) is 4.94. The van der Waals surface area contributed by atoms with E-state index in [1.807, 2.05) is 84.2 Å². The second kappa shape index (κ2) is 8.71. The molecule has 0 aliphatic rings. The summed E-state index contributed by atoms with van der Waals surface area (Å²) < 4.78 is 16.0. The van der Waals surface area contributed by atoms with Gasteiger partial charge in [-0.2, -0.15) is 0 Å². The number of anilines is 1. The van der Waals surface area contributed by atoms with Gasteiger partial charge in [0.15, 0.2) is 7.14 Å². The van der Waals surface area contributed by atoms with E-state index in [1.165, 1.54) is 0 Å². The van der Waals surface area contributed by atoms with E-state index in [0.29, 0.717) is 0 Å². The Morgan fingerprint density at radius 3 is 2.00 bits per heavy atom. The fourth-order valence-corrected chi connectivity index (χ4v) is 8.12. The molecule has 29 heavy (non-hydrogen) atoms. The van der Waals surface area contributed by atoms with Crippen LogP contribution < -0.4 is 15.9 Å². The maximum Gasteiger partial charge on any atom is 0.169 e. The van der Waals surface area contributed by atoms with E-state index >= 15 is 0 Å². The average molecular weight is 482 g/mol. The number of nitrogens with one attached hydrogen (secondary N) is 1. The first kappa shape index (κ1) is 20.2. The molecule has 3 aromatic carbocycles. The molecule has 5 heteroatoms. The van der Waals surface area contributed by atoms with Gasteiger partial charge in [0.1, 0.15) is 5.78 Å². The normalized spacial score (nSPS) is 12.5. The number of halogens is 1. The van der Waals surface area contributed by atoms with Crippen molar-refractivity contribution in [2.45, 2.75) is 12.7 Å². The van der Waals surface area contributed by atoms with Crippen LogP contribution in [-0.2, 0) is 4.57 Å². The maximum absolute atomic E-state index is 14.9. The predicted molar refractivity (Wildman–Crippen MR) is 129 cm³/mol. The van der Waals surface area contributed by atoms with Crippen LogP contribution in [0.25, 0.3) is 0 Å². The van der Waals surface area contributed by atoms with Crippen LogP contribution >= 0.6 is 34.4 Å². The highest BCUT2D eigenvalue weighted by molar-refractivity contribution is 9.10. The Morgan fingerprint density at radius 1 is 0.862 bits per heavy atom. The van der Waals surface area contributed by atoms with Gasteiger partial charge >= 0.3 is 0 Å². The molecule has 1 unspecified atom stereocenters. The molecule has 0 bridgehead atoms. The lowest BCUT2D eigenvalue weighted by Crippen LogP contribution is -2.25. The van der Waals surface area contributed by atoms with E-state index in [-0.39, 0.29) is 5.78 Å². The summed E-state index contributed by atoms with van der Waals surface area (Å²) in [5.41, 5.74) is 2.09. The Morgan fingerprint density at radius 2 is 1.48 bits per heavy atom. The fraction of sp³-hybridized carbons (Fsp3) is 0.0833. The van der Waals surface area contributed by atoms with Crippen molar-refractivity contribution in [2.75, 3.05) is 5.32 Å². The van der Waals surface area contributed by atoms with E-state index in [9.17, 15) is 4.57 Å². The number of rotatable bonds is 6. The summed E-state index contributed by atoms with van der Waals surface area (Å²) in [7, 11) is -3.03. The molecular formula is C24H21BrNOPS. The molecule has 1 aromatic heterocycles. The van der Waals surface area contributed by atoms with E-state index in [2.05, 4.69) is 40.3 Å². The molecule has 0 aliphatic heterocycles. The second-order valence-electron chi connectivity index (χ2n) is 6.85. The first-order chi connectivity index (χ1) is 14.1. The Bertz CT molecular complexity index is 1090. The van der Waals surface area contributed by atoms with Crippen molar-refractivity contribution >= 4 is 50.7 Å². The van der Waals surface area contributed by atoms with Gasteiger partial charge < -0.3 is 9.88 Å². The highest BCUT2D eigenvalue weighted by Crippen LogP contribution is 2.58. The molecule has 4 aromatic rings. The third kappa shape index (κ3) is 4.11. The Hall–Kier alpha value is -2.13. The lowest BCUT2D eigenvalue weighted by atomic mass is 10.2. The summed E-state index contributed by atoms with van der Waals surface area (Å²) in [5, 5.41) is 7.39. The largest absolute Gasteiger partial charge is 0.370 e. The van der Waals surface area contributed by atoms with Crippen LogP contribution in [0.1, 0.15) is 16.2 Å². The van der Waals surface area contributed by atoms with Gasteiger partial charge in [-0.3, -0.25) is 0 Å². The van der Waals surface area contributed by atoms with Gasteiger partial charge in [-0.1, -0.05) is 82.7 Å². The van der Waals surface area contributed by atoms with E-state index in [4.69, 9.17) is 0 Å². The zero-order valence-corrected chi connectivity index (χ0v) is 19.3. The molecule has 4 rings (SSSR count). The van der Waals surface area contributed by atoms with Crippen molar-refractivity contribution < 1.29 is 4.57 Å². The Kier molecular flexibility index (Phi) is 6.05. The molecule has 0 saturated carbocycles. The van der Waals surface area contributed by atoms with Gasteiger partial charge in [-0.25, -0.2) is 0 Å². The highest BCUT2D eigenvalue weighted by atomic mass is 79.9. The summed E-state index contributed by atoms with van der Waals surface area (Å²) in [6.07, 6.45) is 0.